The largest absolute Gasteiger partial charge is 0.476 e. The van der Waals surface area contributed by atoms with Crippen LogP contribution in [0, 0.1) is 0 Å². The number of pyridine rings is 1. The summed E-state index contributed by atoms with van der Waals surface area (Å²) in [5.41, 5.74) is 1.51. The third kappa shape index (κ3) is 4.09. The van der Waals surface area contributed by atoms with Gasteiger partial charge in [0.15, 0.2) is 5.69 Å². The van der Waals surface area contributed by atoms with Gasteiger partial charge in [0.05, 0.1) is 12.2 Å². The Morgan fingerprint density at radius 3 is 2.36 bits per heavy atom. The minimum Gasteiger partial charge on any atom is -0.476 e. The van der Waals surface area contributed by atoms with Crippen molar-refractivity contribution in [3.63, 3.8) is 0 Å². The highest BCUT2D eigenvalue weighted by atomic mass is 35.5. The maximum Gasteiger partial charge on any atom is 0.356 e. The molecule has 0 fully saturated rings. The zero-order chi connectivity index (χ0) is 20.4. The second kappa shape index (κ2) is 7.90. The van der Waals surface area contributed by atoms with Crippen molar-refractivity contribution in [2.24, 2.45) is 7.05 Å². The van der Waals surface area contributed by atoms with E-state index in [9.17, 15) is 14.7 Å². The number of hydrogen-bond donors (Lipinski definition) is 1. The van der Waals surface area contributed by atoms with Gasteiger partial charge in [0.25, 0.3) is 0 Å². The average molecular weight is 401 g/mol. The number of aromatic carboxylic acids is 1. The van der Waals surface area contributed by atoms with Gasteiger partial charge in [0.2, 0.25) is 5.56 Å². The first-order valence-corrected chi connectivity index (χ1v) is 9.15. The van der Waals surface area contributed by atoms with Gasteiger partial charge < -0.3 is 19.1 Å². The molecule has 0 amide bonds. The molecule has 0 saturated carbocycles. The highest BCUT2D eigenvalue weighted by Gasteiger charge is 2.19. The Morgan fingerprint density at radius 2 is 1.79 bits per heavy atom. The van der Waals surface area contributed by atoms with Crippen LogP contribution in [0.2, 0.25) is 5.02 Å². The normalized spacial score (nSPS) is 11.0. The van der Waals surface area contributed by atoms with Crippen LogP contribution in [0.1, 0.15) is 36.2 Å². The number of carboxylic acid groups (broad SMARTS) is 1. The molecule has 0 aliphatic carbocycles. The van der Waals surface area contributed by atoms with E-state index in [2.05, 4.69) is 4.98 Å². The minimum absolute atomic E-state index is 0.000202. The zero-order valence-corrected chi connectivity index (χ0v) is 16.6. The lowest BCUT2D eigenvalue weighted by Crippen LogP contribution is -2.23. The van der Waals surface area contributed by atoms with E-state index < -0.39 is 5.97 Å². The number of aromatic nitrogens is 3. The van der Waals surface area contributed by atoms with Gasteiger partial charge in [0, 0.05) is 42.3 Å². The quantitative estimate of drug-likeness (QED) is 0.679. The van der Waals surface area contributed by atoms with E-state index in [0.717, 1.165) is 11.4 Å². The van der Waals surface area contributed by atoms with Gasteiger partial charge in [-0.05, 0) is 44.2 Å². The number of aryl methyl sites for hydroxylation is 1. The van der Waals surface area contributed by atoms with Crippen molar-refractivity contribution >= 4 is 28.9 Å². The molecule has 0 unspecified atom stereocenters. The Morgan fingerprint density at radius 1 is 1.14 bits per heavy atom. The first-order valence-electron chi connectivity index (χ1n) is 8.77. The molecule has 0 aliphatic rings. The third-order valence-electron chi connectivity index (χ3n) is 4.40. The first kappa shape index (κ1) is 19.7. The maximum atomic E-state index is 11.8. The molecule has 1 aromatic carbocycles. The maximum absolute atomic E-state index is 11.8. The van der Waals surface area contributed by atoms with Crippen LogP contribution in [-0.2, 0) is 13.6 Å². The fourth-order valence-electron chi connectivity index (χ4n) is 2.93. The van der Waals surface area contributed by atoms with Crippen LogP contribution in [0.15, 0.2) is 53.6 Å². The lowest BCUT2D eigenvalue weighted by atomic mass is 10.2. The van der Waals surface area contributed by atoms with E-state index in [1.807, 2.05) is 35.4 Å². The molecule has 7 nitrogen and oxygen atoms in total. The summed E-state index contributed by atoms with van der Waals surface area (Å²) in [4.78, 5) is 29.5. The van der Waals surface area contributed by atoms with Gasteiger partial charge in [-0.1, -0.05) is 11.6 Å². The number of hydrogen-bond acceptors (Lipinski definition) is 4. The summed E-state index contributed by atoms with van der Waals surface area (Å²) in [6.07, 6.45) is 3.28. The van der Waals surface area contributed by atoms with Crippen LogP contribution in [0.4, 0.5) is 11.4 Å². The summed E-state index contributed by atoms with van der Waals surface area (Å²) in [6.45, 7) is 4.26. The molecular formula is C20H21ClN4O3. The van der Waals surface area contributed by atoms with Gasteiger partial charge in [-0.15, -0.1) is 0 Å². The molecule has 2 heterocycles. The standard InChI is InChI=1S/C20H21ClN4O3/c1-13(2)24-11-17(20(27)28)22-18(24)12-25(15-6-4-14(21)5-7-15)16-8-9-19(26)23(3)10-16/h4-11,13H,12H2,1-3H3,(H,27,28). The van der Waals surface area contributed by atoms with Crippen molar-refractivity contribution < 1.29 is 9.90 Å². The van der Waals surface area contributed by atoms with Crippen LogP contribution in [0.5, 0.6) is 0 Å². The average Bonchev–Trinajstić information content (AvgIpc) is 3.08. The van der Waals surface area contributed by atoms with Gasteiger partial charge >= 0.3 is 5.97 Å². The van der Waals surface area contributed by atoms with Crippen molar-refractivity contribution in [3.8, 4) is 0 Å². The van der Waals surface area contributed by atoms with Crippen molar-refractivity contribution in [1.82, 2.24) is 14.1 Å². The van der Waals surface area contributed by atoms with Crippen molar-refractivity contribution in [3.05, 3.63) is 75.7 Å². The molecule has 2 aromatic heterocycles. The van der Waals surface area contributed by atoms with Gasteiger partial charge in [-0.2, -0.15) is 0 Å². The first-order chi connectivity index (χ1) is 13.3. The second-order valence-electron chi connectivity index (χ2n) is 6.75. The Balaban J connectivity index is 2.09. The third-order valence-corrected chi connectivity index (χ3v) is 4.66. The molecule has 0 saturated heterocycles. The highest BCUT2D eigenvalue weighted by molar-refractivity contribution is 6.30. The SMILES string of the molecule is CC(C)n1cc(C(=O)O)nc1CN(c1ccc(Cl)cc1)c1ccc(=O)n(C)c1. The number of anilines is 2. The van der Waals surface area contributed by atoms with Crippen LogP contribution < -0.4 is 10.5 Å². The van der Waals surface area contributed by atoms with Gasteiger partial charge in [-0.25, -0.2) is 9.78 Å². The topological polar surface area (TPSA) is 80.4 Å². The number of rotatable bonds is 6. The van der Waals surface area contributed by atoms with E-state index in [4.69, 9.17) is 11.6 Å². The lowest BCUT2D eigenvalue weighted by Gasteiger charge is -2.26. The summed E-state index contributed by atoms with van der Waals surface area (Å²) < 4.78 is 3.34. The Bertz CT molecular complexity index is 1050. The van der Waals surface area contributed by atoms with Crippen molar-refractivity contribution in [2.75, 3.05) is 4.90 Å². The van der Waals surface area contributed by atoms with Crippen molar-refractivity contribution in [2.45, 2.75) is 26.4 Å². The number of benzene rings is 1. The molecule has 28 heavy (non-hydrogen) atoms. The molecule has 8 heteroatoms. The molecule has 0 spiro atoms. The van der Waals surface area contributed by atoms with E-state index in [1.54, 1.807) is 37.6 Å². The smallest absolute Gasteiger partial charge is 0.356 e. The summed E-state index contributed by atoms with van der Waals surface area (Å²) in [5, 5.41) is 9.94. The Kier molecular flexibility index (Phi) is 5.56. The predicted molar refractivity (Wildman–Crippen MR) is 109 cm³/mol. The fourth-order valence-corrected chi connectivity index (χ4v) is 3.06. The molecule has 0 radical (unpaired) electrons. The van der Waals surface area contributed by atoms with Crippen LogP contribution in [-0.4, -0.2) is 25.2 Å². The number of nitrogens with zero attached hydrogens (tertiary/aromatic N) is 4. The van der Waals surface area contributed by atoms with Gasteiger partial charge in [0.1, 0.15) is 5.82 Å². The molecule has 0 aliphatic heterocycles. The molecule has 0 bridgehead atoms. The number of carbonyl (C=O) groups is 1. The molecule has 1 N–H and O–H groups in total. The minimum atomic E-state index is -1.07. The van der Waals surface area contributed by atoms with Crippen LogP contribution in [0.3, 0.4) is 0 Å². The molecule has 3 aromatic rings. The van der Waals surface area contributed by atoms with E-state index in [-0.39, 0.29) is 17.3 Å². The van der Waals surface area contributed by atoms with E-state index in [0.29, 0.717) is 17.4 Å². The molecule has 3 rings (SSSR count). The Hall–Kier alpha value is -3.06. The van der Waals surface area contributed by atoms with E-state index >= 15 is 0 Å². The summed E-state index contributed by atoms with van der Waals surface area (Å²) in [7, 11) is 1.68. The summed E-state index contributed by atoms with van der Waals surface area (Å²) in [5.74, 6) is -0.461. The van der Waals surface area contributed by atoms with Crippen molar-refractivity contribution in [1.29, 1.82) is 0 Å². The predicted octanol–water partition coefficient (Wildman–Crippen LogP) is 3.85. The molecule has 146 valence electrons. The summed E-state index contributed by atoms with van der Waals surface area (Å²) in [6, 6.07) is 10.6. The monoisotopic (exact) mass is 400 g/mol. The highest BCUT2D eigenvalue weighted by Crippen LogP contribution is 2.28. The molecule has 0 atom stereocenters. The second-order valence-corrected chi connectivity index (χ2v) is 7.18. The summed E-state index contributed by atoms with van der Waals surface area (Å²) >= 11 is 6.03. The Labute approximate surface area is 167 Å². The molecular weight excluding hydrogens is 380 g/mol. The fraction of sp³-hybridized carbons (Fsp3) is 0.250. The number of halogens is 1. The van der Waals surface area contributed by atoms with Crippen LogP contribution in [0.25, 0.3) is 0 Å². The van der Waals surface area contributed by atoms with E-state index in [1.165, 1.54) is 10.6 Å². The zero-order valence-electron chi connectivity index (χ0n) is 15.8. The number of imidazole rings is 1. The lowest BCUT2D eigenvalue weighted by molar-refractivity contribution is 0.0691. The van der Waals surface area contributed by atoms with Crippen LogP contribution >= 0.6 is 11.6 Å². The number of carboxylic acids is 1. The van der Waals surface area contributed by atoms with Gasteiger partial charge in [-0.3, -0.25) is 4.79 Å².